The van der Waals surface area contributed by atoms with Crippen LogP contribution in [0.15, 0.2) is 0 Å². The molecule has 0 saturated heterocycles. The van der Waals surface area contributed by atoms with Gasteiger partial charge in [0.15, 0.2) is 6.79 Å². The van der Waals surface area contributed by atoms with E-state index in [4.69, 9.17) is 4.74 Å². The maximum Gasteiger partial charge on any atom is 0.346 e. The third-order valence-electron chi connectivity index (χ3n) is 1.85. The molecule has 1 unspecified atom stereocenters. The summed E-state index contributed by atoms with van der Waals surface area (Å²) in [7, 11) is 1.41. The molecule has 6 heteroatoms. The van der Waals surface area contributed by atoms with Gasteiger partial charge in [-0.1, -0.05) is 6.92 Å². The molecule has 0 aliphatic heterocycles. The summed E-state index contributed by atoms with van der Waals surface area (Å²) in [6.07, 6.45) is 0.480. The molecule has 6 nitrogen and oxygen atoms in total. The molecule has 0 saturated carbocycles. The van der Waals surface area contributed by atoms with Crippen LogP contribution in [0.25, 0.3) is 0 Å². The van der Waals surface area contributed by atoms with Gasteiger partial charge in [-0.2, -0.15) is 4.89 Å². The summed E-state index contributed by atoms with van der Waals surface area (Å²) in [6, 6.07) is 0. The van der Waals surface area contributed by atoms with Crippen LogP contribution in [0.3, 0.4) is 0 Å². The second kappa shape index (κ2) is 9.11. The molecule has 0 rings (SSSR count). The van der Waals surface area contributed by atoms with E-state index in [0.29, 0.717) is 13.0 Å². The Bertz CT molecular complexity index is 215. The minimum atomic E-state index is -0.590. The summed E-state index contributed by atoms with van der Waals surface area (Å²) in [5, 5.41) is 0. The topological polar surface area (TPSA) is 71.1 Å². The van der Waals surface area contributed by atoms with Gasteiger partial charge in [0.1, 0.15) is 0 Å². The second-order valence-corrected chi connectivity index (χ2v) is 3.04. The van der Waals surface area contributed by atoms with Crippen LogP contribution in [-0.2, 0) is 28.8 Å². The van der Waals surface area contributed by atoms with Crippen molar-refractivity contribution in [1.29, 1.82) is 0 Å². The number of esters is 1. The van der Waals surface area contributed by atoms with Crippen molar-refractivity contribution in [2.45, 2.75) is 26.7 Å². The highest BCUT2D eigenvalue weighted by Gasteiger charge is 2.23. The van der Waals surface area contributed by atoms with Gasteiger partial charge >= 0.3 is 11.9 Å². The van der Waals surface area contributed by atoms with E-state index in [-0.39, 0.29) is 13.2 Å². The molecular formula is C10H18O6. The number of carbonyl (C=O) groups is 2. The van der Waals surface area contributed by atoms with Crippen molar-refractivity contribution in [2.75, 3.05) is 20.5 Å². The van der Waals surface area contributed by atoms with Gasteiger partial charge in [0.05, 0.1) is 18.9 Å². The Hall–Kier alpha value is -1.14. The van der Waals surface area contributed by atoms with Crippen LogP contribution >= 0.6 is 0 Å². The fraction of sp³-hybridized carbons (Fsp3) is 0.800. The smallest absolute Gasteiger partial charge is 0.346 e. The van der Waals surface area contributed by atoms with Crippen molar-refractivity contribution in [2.24, 2.45) is 5.92 Å². The van der Waals surface area contributed by atoms with E-state index in [9.17, 15) is 9.59 Å². The molecule has 0 aromatic heterocycles. The molecule has 0 amide bonds. The van der Waals surface area contributed by atoms with Gasteiger partial charge in [-0.05, 0) is 13.3 Å². The minimum Gasteiger partial charge on any atom is -0.466 e. The van der Waals surface area contributed by atoms with E-state index < -0.39 is 17.9 Å². The number of ether oxygens (including phenoxy) is 2. The average molecular weight is 234 g/mol. The van der Waals surface area contributed by atoms with Crippen LogP contribution in [0.2, 0.25) is 0 Å². The van der Waals surface area contributed by atoms with Crippen molar-refractivity contribution in [3.05, 3.63) is 0 Å². The normalized spacial score (nSPS) is 11.9. The molecule has 0 aromatic carbocycles. The number of hydrogen-bond acceptors (Lipinski definition) is 6. The Morgan fingerprint density at radius 2 is 1.94 bits per heavy atom. The van der Waals surface area contributed by atoms with Gasteiger partial charge in [-0.15, -0.1) is 0 Å². The Morgan fingerprint density at radius 1 is 1.25 bits per heavy atom. The summed E-state index contributed by atoms with van der Waals surface area (Å²) in [5.41, 5.74) is 0. The van der Waals surface area contributed by atoms with Crippen LogP contribution in [0.4, 0.5) is 0 Å². The quantitative estimate of drug-likeness (QED) is 0.205. The summed E-state index contributed by atoms with van der Waals surface area (Å²) in [4.78, 5) is 31.4. The Morgan fingerprint density at radius 3 is 2.44 bits per heavy atom. The first-order valence-corrected chi connectivity index (χ1v) is 5.13. The maximum absolute atomic E-state index is 11.4. The zero-order chi connectivity index (χ0) is 12.4. The van der Waals surface area contributed by atoms with Crippen LogP contribution in [-0.4, -0.2) is 32.4 Å². The first-order chi connectivity index (χ1) is 7.65. The maximum atomic E-state index is 11.4. The Labute approximate surface area is 94.7 Å². The summed E-state index contributed by atoms with van der Waals surface area (Å²) < 4.78 is 9.27. The lowest BCUT2D eigenvalue weighted by Gasteiger charge is -2.11. The second-order valence-electron chi connectivity index (χ2n) is 3.04. The molecule has 0 aliphatic carbocycles. The summed E-state index contributed by atoms with van der Waals surface area (Å²) >= 11 is 0. The van der Waals surface area contributed by atoms with Crippen LogP contribution in [0, 0.1) is 5.92 Å². The highest BCUT2D eigenvalue weighted by Crippen LogP contribution is 2.11. The van der Waals surface area contributed by atoms with Crippen LogP contribution < -0.4 is 0 Å². The predicted octanol–water partition coefficient (Wildman–Crippen LogP) is 1.04. The van der Waals surface area contributed by atoms with Crippen molar-refractivity contribution < 1.29 is 28.8 Å². The molecular weight excluding hydrogens is 216 g/mol. The van der Waals surface area contributed by atoms with Gasteiger partial charge in [0.2, 0.25) is 0 Å². The number of hydrogen-bond donors (Lipinski definition) is 0. The van der Waals surface area contributed by atoms with Crippen molar-refractivity contribution in [3.8, 4) is 0 Å². The van der Waals surface area contributed by atoms with Crippen molar-refractivity contribution in [3.63, 3.8) is 0 Å². The fourth-order valence-corrected chi connectivity index (χ4v) is 1.01. The molecule has 16 heavy (non-hydrogen) atoms. The van der Waals surface area contributed by atoms with E-state index in [1.807, 2.05) is 0 Å². The molecule has 0 N–H and O–H groups in total. The molecule has 0 fully saturated rings. The molecule has 94 valence electrons. The third kappa shape index (κ3) is 6.36. The Balaban J connectivity index is 3.96. The van der Waals surface area contributed by atoms with Gasteiger partial charge in [-0.3, -0.25) is 9.68 Å². The van der Waals surface area contributed by atoms with Crippen molar-refractivity contribution >= 4 is 11.9 Å². The first-order valence-electron chi connectivity index (χ1n) is 5.13. The summed E-state index contributed by atoms with van der Waals surface area (Å²) in [6.45, 7) is 3.65. The van der Waals surface area contributed by atoms with E-state index in [2.05, 4.69) is 14.5 Å². The molecule has 0 heterocycles. The average Bonchev–Trinajstić information content (AvgIpc) is 2.26. The van der Waals surface area contributed by atoms with Gasteiger partial charge in [0.25, 0.3) is 0 Å². The number of carbonyl (C=O) groups excluding carboxylic acids is 2. The molecule has 0 spiro atoms. The standard InChI is InChI=1S/C10H18O6/c1-4-8(6-9(11)14-5-2)10(12)16-15-7-13-3/h8H,4-7H2,1-3H3. The van der Waals surface area contributed by atoms with Gasteiger partial charge < -0.3 is 9.47 Å². The number of methoxy groups -OCH3 is 1. The predicted molar refractivity (Wildman–Crippen MR) is 54.1 cm³/mol. The lowest BCUT2D eigenvalue weighted by molar-refractivity contribution is -0.309. The molecule has 1 atom stereocenters. The lowest BCUT2D eigenvalue weighted by Crippen LogP contribution is -2.22. The molecule has 0 bridgehead atoms. The molecule has 0 aromatic rings. The highest BCUT2D eigenvalue weighted by atomic mass is 17.2. The first kappa shape index (κ1) is 14.9. The van der Waals surface area contributed by atoms with Crippen LogP contribution in [0.1, 0.15) is 26.7 Å². The van der Waals surface area contributed by atoms with Gasteiger partial charge in [-0.25, -0.2) is 4.79 Å². The molecule has 0 aliphatic rings. The zero-order valence-corrected chi connectivity index (χ0v) is 9.86. The van der Waals surface area contributed by atoms with Crippen molar-refractivity contribution in [1.82, 2.24) is 0 Å². The zero-order valence-electron chi connectivity index (χ0n) is 9.86. The fourth-order valence-electron chi connectivity index (χ4n) is 1.01. The van der Waals surface area contributed by atoms with E-state index in [0.717, 1.165) is 0 Å². The third-order valence-corrected chi connectivity index (χ3v) is 1.85. The van der Waals surface area contributed by atoms with Gasteiger partial charge in [0, 0.05) is 7.11 Å². The number of rotatable bonds is 8. The minimum absolute atomic E-state index is 0.000481. The summed E-state index contributed by atoms with van der Waals surface area (Å²) in [5.74, 6) is -1.55. The lowest BCUT2D eigenvalue weighted by atomic mass is 10.0. The van der Waals surface area contributed by atoms with E-state index in [1.54, 1.807) is 13.8 Å². The highest BCUT2D eigenvalue weighted by molar-refractivity contribution is 5.79. The van der Waals surface area contributed by atoms with E-state index >= 15 is 0 Å². The van der Waals surface area contributed by atoms with Crippen LogP contribution in [0.5, 0.6) is 0 Å². The SMILES string of the molecule is CCOC(=O)CC(CC)C(=O)OOCOC. The molecule has 0 radical (unpaired) electrons. The largest absolute Gasteiger partial charge is 0.466 e. The monoisotopic (exact) mass is 234 g/mol. The van der Waals surface area contributed by atoms with E-state index in [1.165, 1.54) is 7.11 Å². The Kier molecular flexibility index (Phi) is 8.46.